The van der Waals surface area contributed by atoms with E-state index in [9.17, 15) is 10.1 Å². The van der Waals surface area contributed by atoms with Crippen LogP contribution in [0, 0.1) is 10.1 Å². The van der Waals surface area contributed by atoms with Gasteiger partial charge in [0.15, 0.2) is 11.5 Å². The molecule has 0 spiro atoms. The summed E-state index contributed by atoms with van der Waals surface area (Å²) >= 11 is 3.44. The van der Waals surface area contributed by atoms with Gasteiger partial charge in [-0.1, -0.05) is 12.7 Å². The Kier molecular flexibility index (Phi) is 7.10. The van der Waals surface area contributed by atoms with Gasteiger partial charge in [0, 0.05) is 22.3 Å². The van der Waals surface area contributed by atoms with E-state index in [4.69, 9.17) is 9.47 Å². The first kappa shape index (κ1) is 19.4. The molecule has 2 aromatic rings. The number of halogens is 1. The fourth-order valence-corrected chi connectivity index (χ4v) is 2.40. The second-order valence-electron chi connectivity index (χ2n) is 4.85. The number of hydrazone groups is 1. The van der Waals surface area contributed by atoms with Gasteiger partial charge in [-0.2, -0.15) is 5.10 Å². The minimum atomic E-state index is -0.528. The number of nitro groups is 1. The standard InChI is InChI=1S/C17H17BrN4O4/c1-3-8-26-16-10-13(18)12(9-15(16)25-4-2)11-20-21-17-14(22(23)24)6-5-7-19-17/h3,5-7,9-11H,1,4,8H2,2H3,(H,19,21)/b20-11-. The zero-order valence-electron chi connectivity index (χ0n) is 14.0. The summed E-state index contributed by atoms with van der Waals surface area (Å²) in [6, 6.07) is 6.35. The summed E-state index contributed by atoms with van der Waals surface area (Å²) < 4.78 is 11.9. The molecule has 0 atom stereocenters. The molecule has 1 heterocycles. The average molecular weight is 421 g/mol. The molecular weight excluding hydrogens is 404 g/mol. The summed E-state index contributed by atoms with van der Waals surface area (Å²) in [5.41, 5.74) is 3.12. The quantitative estimate of drug-likeness (QED) is 0.283. The van der Waals surface area contributed by atoms with Gasteiger partial charge in [-0.15, -0.1) is 0 Å². The Labute approximate surface area is 158 Å². The molecule has 2 rings (SSSR count). The van der Waals surface area contributed by atoms with Crippen LogP contribution >= 0.6 is 15.9 Å². The Hall–Kier alpha value is -2.94. The second kappa shape index (κ2) is 9.52. The largest absolute Gasteiger partial charge is 0.490 e. The molecule has 0 unspecified atom stereocenters. The van der Waals surface area contributed by atoms with E-state index in [-0.39, 0.29) is 11.5 Å². The van der Waals surface area contributed by atoms with Gasteiger partial charge in [0.05, 0.1) is 17.7 Å². The lowest BCUT2D eigenvalue weighted by atomic mass is 10.2. The van der Waals surface area contributed by atoms with E-state index >= 15 is 0 Å². The smallest absolute Gasteiger partial charge is 0.313 e. The zero-order chi connectivity index (χ0) is 18.9. The summed E-state index contributed by atoms with van der Waals surface area (Å²) in [7, 11) is 0. The van der Waals surface area contributed by atoms with Gasteiger partial charge in [-0.25, -0.2) is 4.98 Å². The first-order chi connectivity index (χ1) is 12.6. The predicted molar refractivity (Wildman–Crippen MR) is 103 cm³/mol. The Bertz CT molecular complexity index is 826. The van der Waals surface area contributed by atoms with Crippen LogP contribution in [0.25, 0.3) is 0 Å². The number of anilines is 1. The minimum Gasteiger partial charge on any atom is -0.490 e. The molecule has 0 saturated heterocycles. The van der Waals surface area contributed by atoms with E-state index in [1.807, 2.05) is 6.92 Å². The van der Waals surface area contributed by atoms with Crippen molar-refractivity contribution in [3.63, 3.8) is 0 Å². The van der Waals surface area contributed by atoms with Crippen LogP contribution in [-0.4, -0.2) is 29.3 Å². The number of ether oxygens (including phenoxy) is 2. The van der Waals surface area contributed by atoms with Gasteiger partial charge in [0.2, 0.25) is 5.82 Å². The Morgan fingerprint density at radius 3 is 2.88 bits per heavy atom. The highest BCUT2D eigenvalue weighted by atomic mass is 79.9. The van der Waals surface area contributed by atoms with Crippen molar-refractivity contribution in [2.75, 3.05) is 18.6 Å². The highest BCUT2D eigenvalue weighted by Crippen LogP contribution is 2.33. The first-order valence-corrected chi connectivity index (χ1v) is 8.44. The van der Waals surface area contributed by atoms with E-state index < -0.39 is 4.92 Å². The van der Waals surface area contributed by atoms with Gasteiger partial charge in [0.1, 0.15) is 6.61 Å². The lowest BCUT2D eigenvalue weighted by molar-refractivity contribution is -0.384. The zero-order valence-corrected chi connectivity index (χ0v) is 15.6. The maximum absolute atomic E-state index is 11.0. The lowest BCUT2D eigenvalue weighted by Crippen LogP contribution is -2.01. The van der Waals surface area contributed by atoms with Gasteiger partial charge in [-0.3, -0.25) is 15.5 Å². The third-order valence-electron chi connectivity index (χ3n) is 3.08. The SMILES string of the molecule is C=CCOc1cc(Br)c(/C=N\Nc2ncccc2[N+](=O)[O-])cc1OCC. The lowest BCUT2D eigenvalue weighted by Gasteiger charge is -2.12. The van der Waals surface area contributed by atoms with Gasteiger partial charge in [-0.05, 0) is 41.1 Å². The summed E-state index contributed by atoms with van der Waals surface area (Å²) in [5.74, 6) is 1.19. The predicted octanol–water partition coefficient (Wildman–Crippen LogP) is 4.16. The van der Waals surface area contributed by atoms with Crippen LogP contribution in [0.5, 0.6) is 11.5 Å². The van der Waals surface area contributed by atoms with Crippen molar-refractivity contribution in [3.8, 4) is 11.5 Å². The minimum absolute atomic E-state index is 0.0563. The number of hydrogen-bond donors (Lipinski definition) is 1. The third kappa shape index (κ3) is 5.03. The van der Waals surface area contributed by atoms with Crippen molar-refractivity contribution in [1.82, 2.24) is 4.98 Å². The topological polar surface area (TPSA) is 98.9 Å². The molecule has 26 heavy (non-hydrogen) atoms. The maximum Gasteiger partial charge on any atom is 0.313 e. The molecule has 0 aliphatic carbocycles. The maximum atomic E-state index is 11.0. The van der Waals surface area contributed by atoms with Crippen LogP contribution < -0.4 is 14.9 Å². The molecule has 0 amide bonds. The Morgan fingerprint density at radius 1 is 1.42 bits per heavy atom. The summed E-state index contributed by atoms with van der Waals surface area (Å²) in [6.07, 6.45) is 4.59. The fourth-order valence-electron chi connectivity index (χ4n) is 1.97. The molecule has 0 aliphatic heterocycles. The van der Waals surface area contributed by atoms with Crippen molar-refractivity contribution in [3.05, 3.63) is 63.3 Å². The average Bonchev–Trinajstić information content (AvgIpc) is 2.63. The van der Waals surface area contributed by atoms with Crippen molar-refractivity contribution >= 4 is 33.6 Å². The number of aromatic nitrogens is 1. The van der Waals surface area contributed by atoms with E-state index in [0.29, 0.717) is 30.3 Å². The van der Waals surface area contributed by atoms with E-state index in [2.05, 4.69) is 38.0 Å². The molecule has 9 heteroatoms. The van der Waals surface area contributed by atoms with Crippen LogP contribution in [0.3, 0.4) is 0 Å². The van der Waals surface area contributed by atoms with Gasteiger partial charge in [0.25, 0.3) is 0 Å². The number of hydrogen-bond acceptors (Lipinski definition) is 7. The number of nitrogens with zero attached hydrogens (tertiary/aromatic N) is 3. The van der Waals surface area contributed by atoms with Crippen LogP contribution in [0.2, 0.25) is 0 Å². The molecular formula is C17H17BrN4O4. The van der Waals surface area contributed by atoms with Crippen molar-refractivity contribution in [2.24, 2.45) is 5.10 Å². The normalized spacial score (nSPS) is 10.5. The highest BCUT2D eigenvalue weighted by molar-refractivity contribution is 9.10. The monoisotopic (exact) mass is 420 g/mol. The highest BCUT2D eigenvalue weighted by Gasteiger charge is 2.13. The molecule has 0 bridgehead atoms. The van der Waals surface area contributed by atoms with E-state index in [1.54, 1.807) is 18.2 Å². The summed E-state index contributed by atoms with van der Waals surface area (Å²) in [4.78, 5) is 14.4. The molecule has 8 nitrogen and oxygen atoms in total. The molecule has 0 saturated carbocycles. The molecule has 0 aliphatic rings. The molecule has 1 N–H and O–H groups in total. The fraction of sp³-hybridized carbons (Fsp3) is 0.176. The second-order valence-corrected chi connectivity index (χ2v) is 5.71. The van der Waals surface area contributed by atoms with Crippen LogP contribution in [0.4, 0.5) is 11.5 Å². The van der Waals surface area contributed by atoms with Gasteiger partial charge < -0.3 is 9.47 Å². The number of benzene rings is 1. The van der Waals surface area contributed by atoms with Crippen LogP contribution in [-0.2, 0) is 0 Å². The Balaban J connectivity index is 2.23. The number of pyridine rings is 1. The van der Waals surface area contributed by atoms with Gasteiger partial charge >= 0.3 is 5.69 Å². The summed E-state index contributed by atoms with van der Waals surface area (Å²) in [6.45, 7) is 6.31. The van der Waals surface area contributed by atoms with Crippen molar-refractivity contribution < 1.29 is 14.4 Å². The number of rotatable bonds is 9. The number of nitrogens with one attached hydrogen (secondary N) is 1. The summed E-state index contributed by atoms with van der Waals surface area (Å²) in [5, 5.41) is 15.0. The third-order valence-corrected chi connectivity index (χ3v) is 3.76. The van der Waals surface area contributed by atoms with E-state index in [0.717, 1.165) is 4.47 Å². The van der Waals surface area contributed by atoms with E-state index in [1.165, 1.54) is 24.5 Å². The molecule has 1 aromatic carbocycles. The van der Waals surface area contributed by atoms with Crippen molar-refractivity contribution in [2.45, 2.75) is 6.92 Å². The Morgan fingerprint density at radius 2 is 2.19 bits per heavy atom. The molecule has 1 aromatic heterocycles. The molecule has 0 fully saturated rings. The first-order valence-electron chi connectivity index (χ1n) is 7.65. The molecule has 136 valence electrons. The van der Waals surface area contributed by atoms with Crippen LogP contribution in [0.1, 0.15) is 12.5 Å². The molecule has 0 radical (unpaired) electrons. The van der Waals surface area contributed by atoms with Crippen molar-refractivity contribution in [1.29, 1.82) is 0 Å². The van der Waals surface area contributed by atoms with Crippen LogP contribution in [0.15, 0.2) is 52.7 Å².